The smallest absolute Gasteiger partial charge is 0.0976 e. The van der Waals surface area contributed by atoms with Crippen LogP contribution in [-0.4, -0.2) is 11.5 Å². The Labute approximate surface area is 109 Å². The minimum Gasteiger partial charge on any atom is -0.330 e. The molecule has 17 heavy (non-hydrogen) atoms. The lowest BCUT2D eigenvalue weighted by atomic mass is 10.1. The van der Waals surface area contributed by atoms with Crippen LogP contribution in [0.25, 0.3) is 11.3 Å². The van der Waals surface area contributed by atoms with Gasteiger partial charge < -0.3 is 5.73 Å². The molecule has 1 atom stereocenters. The number of halogens is 1. The topological polar surface area (TPSA) is 38.9 Å². The third kappa shape index (κ3) is 1.79. The molecule has 1 aliphatic carbocycles. The van der Waals surface area contributed by atoms with Gasteiger partial charge in [0, 0.05) is 34.3 Å². The summed E-state index contributed by atoms with van der Waals surface area (Å²) in [5, 5.41) is 1.95. The average molecular weight is 265 g/mol. The maximum atomic E-state index is 6.00. The molecule has 1 aromatic carbocycles. The number of aromatic nitrogens is 1. The van der Waals surface area contributed by atoms with Crippen LogP contribution in [0.1, 0.15) is 28.3 Å². The van der Waals surface area contributed by atoms with Crippen LogP contribution in [0.3, 0.4) is 0 Å². The summed E-state index contributed by atoms with van der Waals surface area (Å²) in [6.45, 7) is 2.77. The van der Waals surface area contributed by atoms with Gasteiger partial charge in [-0.05, 0) is 17.7 Å². The first kappa shape index (κ1) is 11.2. The summed E-state index contributed by atoms with van der Waals surface area (Å²) < 4.78 is 0. The number of fused-ring (bicyclic) bond motifs is 3. The highest BCUT2D eigenvalue weighted by Gasteiger charge is 2.24. The molecule has 0 fully saturated rings. The summed E-state index contributed by atoms with van der Waals surface area (Å²) in [7, 11) is 0. The van der Waals surface area contributed by atoms with Gasteiger partial charge in [0.05, 0.1) is 10.7 Å². The molecular weight excluding hydrogens is 252 g/mol. The van der Waals surface area contributed by atoms with Gasteiger partial charge in [0.2, 0.25) is 0 Å². The van der Waals surface area contributed by atoms with Crippen molar-refractivity contribution in [2.75, 3.05) is 6.54 Å². The van der Waals surface area contributed by atoms with Crippen molar-refractivity contribution in [1.82, 2.24) is 4.98 Å². The molecule has 88 valence electrons. The van der Waals surface area contributed by atoms with Crippen LogP contribution in [0, 0.1) is 0 Å². The SMILES string of the molecule is CC(CN)c1nc2c(s1)Cc1cc(Cl)ccc1-2. The van der Waals surface area contributed by atoms with E-state index < -0.39 is 0 Å². The fourth-order valence-corrected chi connectivity index (χ4v) is 3.49. The van der Waals surface area contributed by atoms with E-state index >= 15 is 0 Å². The molecule has 2 nitrogen and oxygen atoms in total. The lowest BCUT2D eigenvalue weighted by molar-refractivity contribution is 0.767. The van der Waals surface area contributed by atoms with E-state index in [1.54, 1.807) is 11.3 Å². The van der Waals surface area contributed by atoms with Crippen molar-refractivity contribution in [3.05, 3.63) is 38.7 Å². The molecule has 1 unspecified atom stereocenters. The van der Waals surface area contributed by atoms with Crippen molar-refractivity contribution < 1.29 is 0 Å². The van der Waals surface area contributed by atoms with Crippen molar-refractivity contribution in [1.29, 1.82) is 0 Å². The molecule has 0 spiro atoms. The second-order valence-electron chi connectivity index (χ2n) is 4.44. The Hall–Kier alpha value is -0.900. The first-order chi connectivity index (χ1) is 8.19. The molecule has 0 saturated heterocycles. The highest BCUT2D eigenvalue weighted by molar-refractivity contribution is 7.12. The molecule has 0 amide bonds. The Morgan fingerprint density at radius 2 is 2.35 bits per heavy atom. The van der Waals surface area contributed by atoms with Crippen LogP contribution in [-0.2, 0) is 6.42 Å². The van der Waals surface area contributed by atoms with Crippen molar-refractivity contribution in [3.8, 4) is 11.3 Å². The second kappa shape index (κ2) is 4.09. The van der Waals surface area contributed by atoms with Crippen LogP contribution in [0.4, 0.5) is 0 Å². The zero-order chi connectivity index (χ0) is 12.0. The van der Waals surface area contributed by atoms with E-state index in [0.29, 0.717) is 12.5 Å². The fraction of sp³-hybridized carbons (Fsp3) is 0.308. The highest BCUT2D eigenvalue weighted by Crippen LogP contribution is 2.41. The maximum absolute atomic E-state index is 6.00. The summed E-state index contributed by atoms with van der Waals surface area (Å²) in [6, 6.07) is 6.04. The lowest BCUT2D eigenvalue weighted by Gasteiger charge is -2.04. The third-order valence-corrected chi connectivity index (χ3v) is 4.68. The predicted octanol–water partition coefficient (Wildman–Crippen LogP) is 3.43. The van der Waals surface area contributed by atoms with Crippen molar-refractivity contribution in [2.45, 2.75) is 19.3 Å². The van der Waals surface area contributed by atoms with Crippen LogP contribution < -0.4 is 5.73 Å². The number of nitrogens with two attached hydrogens (primary N) is 1. The van der Waals surface area contributed by atoms with E-state index in [4.69, 9.17) is 22.3 Å². The van der Waals surface area contributed by atoms with E-state index in [2.05, 4.69) is 13.0 Å². The normalized spacial score (nSPS) is 14.5. The molecule has 0 bridgehead atoms. The molecule has 4 heteroatoms. The van der Waals surface area contributed by atoms with Gasteiger partial charge in [-0.3, -0.25) is 0 Å². The minimum atomic E-state index is 0.348. The van der Waals surface area contributed by atoms with E-state index in [-0.39, 0.29) is 0 Å². The fourth-order valence-electron chi connectivity index (χ4n) is 2.12. The molecule has 2 aromatic rings. The summed E-state index contributed by atoms with van der Waals surface area (Å²) in [6.07, 6.45) is 0.959. The third-order valence-electron chi connectivity index (χ3n) is 3.16. The number of nitrogens with zero attached hydrogens (tertiary/aromatic N) is 1. The highest BCUT2D eigenvalue weighted by atomic mass is 35.5. The molecule has 1 heterocycles. The average Bonchev–Trinajstić information content (AvgIpc) is 2.84. The monoisotopic (exact) mass is 264 g/mol. The van der Waals surface area contributed by atoms with Crippen molar-refractivity contribution in [3.63, 3.8) is 0 Å². The zero-order valence-electron chi connectivity index (χ0n) is 9.53. The van der Waals surface area contributed by atoms with E-state index in [0.717, 1.165) is 22.1 Å². The Kier molecular flexibility index (Phi) is 2.69. The standard InChI is InChI=1S/C13H13ClN2S/c1-7(6-15)13-16-12-10-3-2-9(14)4-8(10)5-11(12)17-13/h2-4,7H,5-6,15H2,1H3. The van der Waals surface area contributed by atoms with Crippen LogP contribution >= 0.6 is 22.9 Å². The molecule has 3 rings (SSSR count). The molecule has 0 radical (unpaired) electrons. The number of benzene rings is 1. The van der Waals surface area contributed by atoms with Crippen molar-refractivity contribution in [2.24, 2.45) is 5.73 Å². The van der Waals surface area contributed by atoms with E-state index in [9.17, 15) is 0 Å². The summed E-state index contributed by atoms with van der Waals surface area (Å²) in [4.78, 5) is 6.07. The van der Waals surface area contributed by atoms with E-state index in [1.807, 2.05) is 12.1 Å². The van der Waals surface area contributed by atoms with Gasteiger partial charge in [0.25, 0.3) is 0 Å². The van der Waals surface area contributed by atoms with Crippen LogP contribution in [0.15, 0.2) is 18.2 Å². The predicted molar refractivity (Wildman–Crippen MR) is 72.8 cm³/mol. The largest absolute Gasteiger partial charge is 0.330 e. The van der Waals surface area contributed by atoms with Gasteiger partial charge >= 0.3 is 0 Å². The Morgan fingerprint density at radius 3 is 3.12 bits per heavy atom. The number of thiazole rings is 1. The van der Waals surface area contributed by atoms with E-state index in [1.165, 1.54) is 16.0 Å². The second-order valence-corrected chi connectivity index (χ2v) is 5.99. The molecule has 1 aromatic heterocycles. The minimum absolute atomic E-state index is 0.348. The zero-order valence-corrected chi connectivity index (χ0v) is 11.1. The number of hydrogen-bond acceptors (Lipinski definition) is 3. The first-order valence-corrected chi connectivity index (χ1v) is 6.87. The summed E-state index contributed by atoms with van der Waals surface area (Å²) >= 11 is 7.79. The molecule has 2 N–H and O–H groups in total. The first-order valence-electron chi connectivity index (χ1n) is 5.67. The Balaban J connectivity index is 2.06. The summed E-state index contributed by atoms with van der Waals surface area (Å²) in [5.41, 5.74) is 9.35. The Morgan fingerprint density at radius 1 is 1.53 bits per heavy atom. The molecule has 1 aliphatic rings. The quantitative estimate of drug-likeness (QED) is 0.770. The lowest BCUT2D eigenvalue weighted by Crippen LogP contribution is -2.08. The maximum Gasteiger partial charge on any atom is 0.0976 e. The molecule has 0 saturated carbocycles. The van der Waals surface area contributed by atoms with Gasteiger partial charge in [-0.2, -0.15) is 0 Å². The van der Waals surface area contributed by atoms with Crippen LogP contribution in [0.2, 0.25) is 5.02 Å². The van der Waals surface area contributed by atoms with Gasteiger partial charge in [-0.25, -0.2) is 4.98 Å². The van der Waals surface area contributed by atoms with Gasteiger partial charge in [-0.1, -0.05) is 24.6 Å². The van der Waals surface area contributed by atoms with Gasteiger partial charge in [-0.15, -0.1) is 11.3 Å². The number of hydrogen-bond donors (Lipinski definition) is 1. The molecule has 0 aliphatic heterocycles. The number of rotatable bonds is 2. The van der Waals surface area contributed by atoms with Crippen LogP contribution in [0.5, 0.6) is 0 Å². The van der Waals surface area contributed by atoms with Crippen molar-refractivity contribution >= 4 is 22.9 Å². The van der Waals surface area contributed by atoms with Gasteiger partial charge in [0.1, 0.15) is 0 Å². The molecular formula is C13H13ClN2S. The Bertz CT molecular complexity index is 577. The van der Waals surface area contributed by atoms with Gasteiger partial charge in [0.15, 0.2) is 0 Å². The summed E-state index contributed by atoms with van der Waals surface area (Å²) in [5.74, 6) is 0.348.